The van der Waals surface area contributed by atoms with Crippen molar-refractivity contribution in [1.29, 1.82) is 0 Å². The maximum Gasteiger partial charge on any atom is 0.406 e. The summed E-state index contributed by atoms with van der Waals surface area (Å²) >= 11 is 0. The zero-order valence-corrected chi connectivity index (χ0v) is 9.58. The molecule has 94 valence electrons. The van der Waals surface area contributed by atoms with Crippen LogP contribution in [-0.4, -0.2) is 30.3 Å². The lowest BCUT2D eigenvalue weighted by Crippen LogP contribution is -2.57. The van der Waals surface area contributed by atoms with Gasteiger partial charge in [-0.15, -0.1) is 0 Å². The van der Waals surface area contributed by atoms with Gasteiger partial charge in [0.15, 0.2) is 0 Å². The van der Waals surface area contributed by atoms with E-state index in [-0.39, 0.29) is 18.4 Å². The fourth-order valence-electron chi connectivity index (χ4n) is 2.32. The standard InChI is InChI=1S/C11H19F3N2/c1-9(4-2-3-7-15-9)8-16-10(5-6-10)11(12,13)14/h15-16H,2-8H2,1H3. The molecule has 0 aromatic carbocycles. The van der Waals surface area contributed by atoms with Crippen LogP contribution in [0.15, 0.2) is 0 Å². The number of piperidine rings is 1. The number of hydrogen-bond acceptors (Lipinski definition) is 2. The van der Waals surface area contributed by atoms with Gasteiger partial charge in [0.05, 0.1) is 0 Å². The third-order valence-corrected chi connectivity index (χ3v) is 3.82. The normalized spacial score (nSPS) is 33.8. The third kappa shape index (κ3) is 2.35. The first-order valence-electron chi connectivity index (χ1n) is 5.94. The fraction of sp³-hybridized carbons (Fsp3) is 1.00. The van der Waals surface area contributed by atoms with Crippen molar-refractivity contribution in [2.75, 3.05) is 13.1 Å². The van der Waals surface area contributed by atoms with Crippen molar-refractivity contribution in [2.45, 2.75) is 56.3 Å². The van der Waals surface area contributed by atoms with E-state index in [1.165, 1.54) is 0 Å². The molecule has 1 aliphatic heterocycles. The molecule has 0 radical (unpaired) electrons. The predicted octanol–water partition coefficient (Wildman–Crippen LogP) is 2.20. The van der Waals surface area contributed by atoms with Gasteiger partial charge < -0.3 is 10.6 Å². The summed E-state index contributed by atoms with van der Waals surface area (Å²) in [5.41, 5.74) is -1.74. The van der Waals surface area contributed by atoms with Crippen LogP contribution in [0.5, 0.6) is 0 Å². The first kappa shape index (κ1) is 12.2. The van der Waals surface area contributed by atoms with E-state index in [0.717, 1.165) is 25.8 Å². The molecule has 2 nitrogen and oxygen atoms in total. The van der Waals surface area contributed by atoms with Gasteiger partial charge in [0.2, 0.25) is 0 Å². The molecule has 0 aromatic rings. The lowest BCUT2D eigenvalue weighted by Gasteiger charge is -2.37. The molecule has 2 rings (SSSR count). The van der Waals surface area contributed by atoms with E-state index in [9.17, 15) is 13.2 Å². The van der Waals surface area contributed by atoms with Crippen LogP contribution in [0, 0.1) is 0 Å². The SMILES string of the molecule is CC1(CNC2(C(F)(F)F)CC2)CCCCN1. The third-order valence-electron chi connectivity index (χ3n) is 3.82. The van der Waals surface area contributed by atoms with Gasteiger partial charge in [0.1, 0.15) is 5.54 Å². The Balaban J connectivity index is 1.87. The molecule has 2 N–H and O–H groups in total. The van der Waals surface area contributed by atoms with Crippen LogP contribution in [0.1, 0.15) is 39.0 Å². The highest BCUT2D eigenvalue weighted by Gasteiger charge is 2.63. The highest BCUT2D eigenvalue weighted by molar-refractivity contribution is 5.09. The van der Waals surface area contributed by atoms with Crippen molar-refractivity contribution in [2.24, 2.45) is 0 Å². The second-order valence-corrected chi connectivity index (χ2v) is 5.38. The van der Waals surface area contributed by atoms with Gasteiger partial charge in [0.25, 0.3) is 0 Å². The molecule has 0 bridgehead atoms. The molecule has 5 heteroatoms. The maximum absolute atomic E-state index is 12.7. The topological polar surface area (TPSA) is 24.1 Å². The number of halogens is 3. The minimum absolute atomic E-state index is 0.168. The lowest BCUT2D eigenvalue weighted by molar-refractivity contribution is -0.166. The monoisotopic (exact) mass is 236 g/mol. The number of hydrogen-bond donors (Lipinski definition) is 2. The molecular formula is C11H19F3N2. The van der Waals surface area contributed by atoms with Crippen LogP contribution in [0.2, 0.25) is 0 Å². The molecule has 1 aliphatic carbocycles. The van der Waals surface area contributed by atoms with Gasteiger partial charge in [-0.3, -0.25) is 0 Å². The summed E-state index contributed by atoms with van der Waals surface area (Å²) in [6.45, 7) is 3.33. The summed E-state index contributed by atoms with van der Waals surface area (Å²) in [5.74, 6) is 0. The van der Waals surface area contributed by atoms with Gasteiger partial charge in [0, 0.05) is 12.1 Å². The summed E-state index contributed by atoms with van der Waals surface area (Å²) in [4.78, 5) is 0. The highest BCUT2D eigenvalue weighted by Crippen LogP contribution is 2.49. The van der Waals surface area contributed by atoms with Gasteiger partial charge in [-0.25, -0.2) is 0 Å². The number of rotatable bonds is 3. The van der Waals surface area contributed by atoms with E-state index in [0.29, 0.717) is 6.54 Å². The van der Waals surface area contributed by atoms with Gasteiger partial charge in [-0.1, -0.05) is 6.42 Å². The van der Waals surface area contributed by atoms with Crippen molar-refractivity contribution >= 4 is 0 Å². The van der Waals surface area contributed by atoms with E-state index >= 15 is 0 Å². The second kappa shape index (κ2) is 3.88. The van der Waals surface area contributed by atoms with Crippen LogP contribution < -0.4 is 10.6 Å². The smallest absolute Gasteiger partial charge is 0.310 e. The zero-order valence-electron chi connectivity index (χ0n) is 9.58. The Labute approximate surface area is 94.0 Å². The Morgan fingerprint density at radius 2 is 1.88 bits per heavy atom. The Morgan fingerprint density at radius 1 is 1.19 bits per heavy atom. The van der Waals surface area contributed by atoms with Crippen LogP contribution in [0.3, 0.4) is 0 Å². The van der Waals surface area contributed by atoms with E-state index in [1.54, 1.807) is 0 Å². The average Bonchev–Trinajstić information content (AvgIpc) is 2.96. The summed E-state index contributed by atoms with van der Waals surface area (Å²) in [5, 5.41) is 6.05. The molecule has 1 saturated carbocycles. The van der Waals surface area contributed by atoms with E-state index < -0.39 is 11.7 Å². The van der Waals surface area contributed by atoms with Crippen molar-refractivity contribution < 1.29 is 13.2 Å². The lowest BCUT2D eigenvalue weighted by atomic mass is 9.90. The van der Waals surface area contributed by atoms with Crippen molar-refractivity contribution in [3.05, 3.63) is 0 Å². The van der Waals surface area contributed by atoms with Crippen LogP contribution >= 0.6 is 0 Å². The average molecular weight is 236 g/mol. The minimum atomic E-state index is -4.10. The molecule has 2 fully saturated rings. The second-order valence-electron chi connectivity index (χ2n) is 5.38. The summed E-state index contributed by atoms with van der Waals surface area (Å²) in [7, 11) is 0. The highest BCUT2D eigenvalue weighted by atomic mass is 19.4. The van der Waals surface area contributed by atoms with Crippen molar-refractivity contribution in [3.63, 3.8) is 0 Å². The molecule has 16 heavy (non-hydrogen) atoms. The molecule has 1 atom stereocenters. The predicted molar refractivity (Wildman–Crippen MR) is 56.3 cm³/mol. The van der Waals surface area contributed by atoms with E-state index in [1.807, 2.05) is 6.92 Å². The summed E-state index contributed by atoms with van der Waals surface area (Å²) in [6, 6.07) is 0. The first-order chi connectivity index (χ1) is 7.37. The molecule has 1 unspecified atom stereocenters. The number of alkyl halides is 3. The van der Waals surface area contributed by atoms with Crippen molar-refractivity contribution in [3.8, 4) is 0 Å². The van der Waals surface area contributed by atoms with E-state index in [2.05, 4.69) is 10.6 Å². The van der Waals surface area contributed by atoms with Gasteiger partial charge in [-0.2, -0.15) is 13.2 Å². The quantitative estimate of drug-likeness (QED) is 0.785. The van der Waals surface area contributed by atoms with Crippen LogP contribution in [0.25, 0.3) is 0 Å². The van der Waals surface area contributed by atoms with E-state index in [4.69, 9.17) is 0 Å². The Morgan fingerprint density at radius 3 is 2.31 bits per heavy atom. The minimum Gasteiger partial charge on any atom is -0.310 e. The van der Waals surface area contributed by atoms with Crippen molar-refractivity contribution in [1.82, 2.24) is 10.6 Å². The molecule has 1 saturated heterocycles. The van der Waals surface area contributed by atoms with Crippen LogP contribution in [0.4, 0.5) is 13.2 Å². The molecule has 2 aliphatic rings. The molecule has 1 heterocycles. The molecular weight excluding hydrogens is 217 g/mol. The van der Waals surface area contributed by atoms with Crippen LogP contribution in [-0.2, 0) is 0 Å². The fourth-order valence-corrected chi connectivity index (χ4v) is 2.32. The Bertz CT molecular complexity index is 252. The Kier molecular flexibility index (Phi) is 2.95. The largest absolute Gasteiger partial charge is 0.406 e. The molecule has 0 amide bonds. The maximum atomic E-state index is 12.7. The zero-order chi connectivity index (χ0) is 11.9. The first-order valence-corrected chi connectivity index (χ1v) is 5.94. The number of nitrogens with one attached hydrogen (secondary N) is 2. The van der Waals surface area contributed by atoms with Gasteiger partial charge >= 0.3 is 6.18 Å². The Hall–Kier alpha value is -0.290. The summed E-state index contributed by atoms with van der Waals surface area (Å²) < 4.78 is 38.1. The molecule has 0 aromatic heterocycles. The molecule has 0 spiro atoms. The van der Waals surface area contributed by atoms with Gasteiger partial charge in [-0.05, 0) is 39.2 Å². The summed E-state index contributed by atoms with van der Waals surface area (Å²) in [6.07, 6.45) is -0.463.